The minimum atomic E-state index is -0.475. The topological polar surface area (TPSA) is 99.9 Å². The van der Waals surface area contributed by atoms with Crippen LogP contribution in [-0.2, 0) is 23.8 Å². The molecule has 0 bridgehead atoms. The molecule has 3 N–H and O–H groups in total. The van der Waals surface area contributed by atoms with Crippen molar-refractivity contribution in [2.24, 2.45) is 5.73 Å². The van der Waals surface area contributed by atoms with E-state index < -0.39 is 5.91 Å². The van der Waals surface area contributed by atoms with Crippen molar-refractivity contribution in [1.29, 1.82) is 0 Å². The van der Waals surface area contributed by atoms with E-state index in [1.165, 1.54) is 77.0 Å². The highest BCUT2D eigenvalue weighted by atomic mass is 16.7. The number of primary amides is 1. The Morgan fingerprint density at radius 1 is 0.882 bits per heavy atom. The van der Waals surface area contributed by atoms with Gasteiger partial charge in [-0.05, 0) is 25.7 Å². The molecule has 2 amide bonds. The van der Waals surface area contributed by atoms with Crippen LogP contribution < -0.4 is 11.1 Å². The molecule has 7 heteroatoms. The van der Waals surface area contributed by atoms with E-state index in [1.54, 1.807) is 0 Å². The number of rotatable bonds is 23. The van der Waals surface area contributed by atoms with Gasteiger partial charge in [0.2, 0.25) is 11.8 Å². The van der Waals surface area contributed by atoms with E-state index in [9.17, 15) is 9.59 Å². The molecule has 1 rings (SSSR count). The van der Waals surface area contributed by atoms with Gasteiger partial charge >= 0.3 is 0 Å². The Bertz CT molecular complexity index is 497. The molecule has 0 spiro atoms. The van der Waals surface area contributed by atoms with E-state index in [4.69, 9.17) is 19.9 Å². The van der Waals surface area contributed by atoms with Gasteiger partial charge in [-0.1, -0.05) is 84.0 Å². The second-order valence-electron chi connectivity index (χ2n) is 9.68. The fraction of sp³-hybridized carbons (Fsp3) is 0.926. The number of nitrogens with one attached hydrogen (secondary N) is 1. The molecule has 2 atom stereocenters. The number of ether oxygens (including phenoxy) is 3. The van der Waals surface area contributed by atoms with Crippen molar-refractivity contribution in [1.82, 2.24) is 5.32 Å². The first-order chi connectivity index (χ1) is 16.6. The van der Waals surface area contributed by atoms with Crippen molar-refractivity contribution in [2.45, 2.75) is 135 Å². The standard InChI is InChI=1S/C27H52N2O5/c1-2-3-4-5-6-7-8-9-10-11-12-13-15-20-32-22-24(29-26(31)19-18-25(28)30)23-34-27-17-14-16-21-33-27/h24,27H,2-23H2,1H3,(H2,28,30)(H,29,31). The molecule has 34 heavy (non-hydrogen) atoms. The molecular weight excluding hydrogens is 432 g/mol. The van der Waals surface area contributed by atoms with E-state index in [0.29, 0.717) is 19.8 Å². The van der Waals surface area contributed by atoms with E-state index in [0.717, 1.165) is 32.3 Å². The number of carbonyl (C=O) groups excluding carboxylic acids is 2. The van der Waals surface area contributed by atoms with Crippen LogP contribution in [0.25, 0.3) is 0 Å². The van der Waals surface area contributed by atoms with Gasteiger partial charge in [0, 0.05) is 26.1 Å². The lowest BCUT2D eigenvalue weighted by molar-refractivity contribution is -0.168. The fourth-order valence-corrected chi connectivity index (χ4v) is 4.18. The summed E-state index contributed by atoms with van der Waals surface area (Å²) in [6, 6.07) is -0.257. The van der Waals surface area contributed by atoms with Crippen LogP contribution in [0, 0.1) is 0 Å². The second-order valence-corrected chi connectivity index (χ2v) is 9.68. The molecule has 0 saturated carbocycles. The van der Waals surface area contributed by atoms with Gasteiger partial charge in [0.25, 0.3) is 0 Å². The Hall–Kier alpha value is -1.18. The highest BCUT2D eigenvalue weighted by Gasteiger charge is 2.19. The van der Waals surface area contributed by atoms with Gasteiger partial charge in [-0.15, -0.1) is 0 Å². The highest BCUT2D eigenvalue weighted by molar-refractivity contribution is 5.82. The summed E-state index contributed by atoms with van der Waals surface area (Å²) in [5, 5.41) is 2.91. The number of hydrogen-bond donors (Lipinski definition) is 2. The molecule has 7 nitrogen and oxygen atoms in total. The maximum atomic E-state index is 12.1. The Labute approximate surface area is 208 Å². The molecule has 1 aliphatic rings. The van der Waals surface area contributed by atoms with Crippen LogP contribution in [0.1, 0.15) is 122 Å². The van der Waals surface area contributed by atoms with Crippen molar-refractivity contribution < 1.29 is 23.8 Å². The quantitative estimate of drug-likeness (QED) is 0.189. The molecule has 0 aromatic rings. The third-order valence-corrected chi connectivity index (χ3v) is 6.30. The molecule has 1 saturated heterocycles. The molecule has 2 unspecified atom stereocenters. The highest BCUT2D eigenvalue weighted by Crippen LogP contribution is 2.14. The Kier molecular flexibility index (Phi) is 20.2. The minimum absolute atomic E-state index is 0.0466. The normalized spacial score (nSPS) is 16.9. The summed E-state index contributed by atoms with van der Waals surface area (Å²) in [5.74, 6) is -0.682. The number of carbonyl (C=O) groups is 2. The van der Waals surface area contributed by atoms with E-state index in [2.05, 4.69) is 12.2 Å². The third kappa shape index (κ3) is 19.2. The van der Waals surface area contributed by atoms with Crippen LogP contribution in [0.5, 0.6) is 0 Å². The van der Waals surface area contributed by atoms with Crippen LogP contribution >= 0.6 is 0 Å². The zero-order valence-corrected chi connectivity index (χ0v) is 21.8. The maximum absolute atomic E-state index is 12.1. The predicted octanol–water partition coefficient (Wildman–Crippen LogP) is 5.39. The zero-order chi connectivity index (χ0) is 24.7. The summed E-state index contributed by atoms with van der Waals surface area (Å²) in [6.07, 6.45) is 20.2. The van der Waals surface area contributed by atoms with Gasteiger partial charge < -0.3 is 25.3 Å². The van der Waals surface area contributed by atoms with Crippen molar-refractivity contribution in [3.63, 3.8) is 0 Å². The SMILES string of the molecule is CCCCCCCCCCCCCCCOCC(COC1CCCCO1)NC(=O)CCC(N)=O. The monoisotopic (exact) mass is 484 g/mol. The van der Waals surface area contributed by atoms with Crippen LogP contribution in [0.15, 0.2) is 0 Å². The Morgan fingerprint density at radius 2 is 1.50 bits per heavy atom. The lowest BCUT2D eigenvalue weighted by Gasteiger charge is -2.26. The minimum Gasteiger partial charge on any atom is -0.379 e. The molecular formula is C27H52N2O5. The first kappa shape index (κ1) is 30.9. The first-order valence-corrected chi connectivity index (χ1v) is 14.0. The molecule has 1 fully saturated rings. The average Bonchev–Trinajstić information content (AvgIpc) is 2.84. The smallest absolute Gasteiger partial charge is 0.220 e. The molecule has 0 radical (unpaired) electrons. The molecule has 0 aromatic heterocycles. The summed E-state index contributed by atoms with van der Waals surface area (Å²) in [7, 11) is 0. The van der Waals surface area contributed by atoms with Crippen LogP contribution in [0.2, 0.25) is 0 Å². The van der Waals surface area contributed by atoms with E-state index in [1.807, 2.05) is 0 Å². The summed E-state index contributed by atoms with van der Waals surface area (Å²) >= 11 is 0. The van der Waals surface area contributed by atoms with E-state index >= 15 is 0 Å². The molecule has 0 aliphatic carbocycles. The van der Waals surface area contributed by atoms with Gasteiger partial charge in [0.1, 0.15) is 0 Å². The van der Waals surface area contributed by atoms with Gasteiger partial charge in [-0.2, -0.15) is 0 Å². The number of amides is 2. The number of hydrogen-bond acceptors (Lipinski definition) is 5. The molecule has 200 valence electrons. The fourth-order valence-electron chi connectivity index (χ4n) is 4.18. The first-order valence-electron chi connectivity index (χ1n) is 14.0. The average molecular weight is 485 g/mol. The summed E-state index contributed by atoms with van der Waals surface area (Å²) < 4.78 is 17.3. The summed E-state index contributed by atoms with van der Waals surface area (Å²) in [6.45, 7) is 4.41. The van der Waals surface area contributed by atoms with Crippen molar-refractivity contribution in [3.05, 3.63) is 0 Å². The lowest BCUT2D eigenvalue weighted by Crippen LogP contribution is -2.43. The predicted molar refractivity (Wildman–Crippen MR) is 136 cm³/mol. The van der Waals surface area contributed by atoms with Gasteiger partial charge in [0.15, 0.2) is 6.29 Å². The Balaban J connectivity index is 2.06. The van der Waals surface area contributed by atoms with Gasteiger partial charge in [-0.3, -0.25) is 9.59 Å². The van der Waals surface area contributed by atoms with Crippen LogP contribution in [0.4, 0.5) is 0 Å². The Morgan fingerprint density at radius 3 is 2.06 bits per heavy atom. The summed E-state index contributed by atoms with van der Waals surface area (Å²) in [4.78, 5) is 23.0. The molecule has 0 aromatic carbocycles. The molecule has 1 aliphatic heterocycles. The zero-order valence-electron chi connectivity index (χ0n) is 21.8. The lowest BCUT2D eigenvalue weighted by atomic mass is 10.0. The summed E-state index contributed by atoms with van der Waals surface area (Å²) in [5.41, 5.74) is 5.14. The number of nitrogens with two attached hydrogens (primary N) is 1. The van der Waals surface area contributed by atoms with Gasteiger partial charge in [-0.25, -0.2) is 0 Å². The molecule has 1 heterocycles. The number of unbranched alkanes of at least 4 members (excludes halogenated alkanes) is 12. The van der Waals surface area contributed by atoms with Crippen LogP contribution in [-0.4, -0.2) is 50.6 Å². The second kappa shape index (κ2) is 22.3. The van der Waals surface area contributed by atoms with Crippen LogP contribution in [0.3, 0.4) is 0 Å². The third-order valence-electron chi connectivity index (χ3n) is 6.30. The van der Waals surface area contributed by atoms with Crippen molar-refractivity contribution in [2.75, 3.05) is 26.4 Å². The van der Waals surface area contributed by atoms with Gasteiger partial charge in [0.05, 0.1) is 19.3 Å². The largest absolute Gasteiger partial charge is 0.379 e. The maximum Gasteiger partial charge on any atom is 0.220 e. The van der Waals surface area contributed by atoms with Crippen molar-refractivity contribution >= 4 is 11.8 Å². The van der Waals surface area contributed by atoms with E-state index in [-0.39, 0.29) is 31.1 Å². The van der Waals surface area contributed by atoms with Crippen molar-refractivity contribution in [3.8, 4) is 0 Å².